The summed E-state index contributed by atoms with van der Waals surface area (Å²) in [6, 6.07) is 7.95. The molecule has 5 rings (SSSR count). The number of halogens is 1. The summed E-state index contributed by atoms with van der Waals surface area (Å²) in [6.07, 6.45) is 4.01. The molecule has 2 fully saturated rings. The van der Waals surface area contributed by atoms with E-state index in [1.807, 2.05) is 12.3 Å². The van der Waals surface area contributed by atoms with E-state index in [0.717, 1.165) is 16.3 Å². The van der Waals surface area contributed by atoms with Crippen LogP contribution in [0.25, 0.3) is 10.8 Å². The third kappa shape index (κ3) is 5.12. The van der Waals surface area contributed by atoms with Crippen molar-refractivity contribution in [3.05, 3.63) is 47.8 Å². The predicted molar refractivity (Wildman–Crippen MR) is 143 cm³/mol. The van der Waals surface area contributed by atoms with Crippen LogP contribution < -0.4 is 10.2 Å². The number of aliphatic hydroxyl groups is 1. The number of rotatable bonds is 6. The van der Waals surface area contributed by atoms with Crippen LogP contribution in [-0.4, -0.2) is 77.0 Å². The first-order valence-corrected chi connectivity index (χ1v) is 14.4. The normalized spacial score (nSPS) is 23.4. The standard InChI is InChI=1S/C26H33FN6O3S/c1-16(2)18-5-6-19(17-13-33(14-17)37(4,35)36)21-12-29-24(11-20(18)21)30-23-7-9-28-25(31-23)32-10-8-22(34)26(3,27)15-32/h5-7,9,11-12,16-17,22,34H,8,10,13-15H2,1-4H3,(H,28,29,30,31)/t22-,26+/m1/s1. The van der Waals surface area contributed by atoms with Gasteiger partial charge in [0.15, 0.2) is 5.67 Å². The highest BCUT2D eigenvalue weighted by Crippen LogP contribution is 2.37. The number of nitrogens with zero attached hydrogens (tertiary/aromatic N) is 5. The molecule has 198 valence electrons. The second kappa shape index (κ2) is 9.45. The van der Waals surface area contributed by atoms with E-state index in [0.29, 0.717) is 43.6 Å². The highest BCUT2D eigenvalue weighted by molar-refractivity contribution is 7.88. The van der Waals surface area contributed by atoms with Gasteiger partial charge in [-0.3, -0.25) is 0 Å². The van der Waals surface area contributed by atoms with Crippen LogP contribution in [0.15, 0.2) is 36.7 Å². The molecule has 1 aromatic carbocycles. The molecule has 2 atom stereocenters. The summed E-state index contributed by atoms with van der Waals surface area (Å²) < 4.78 is 39.9. The average Bonchev–Trinajstić information content (AvgIpc) is 2.79. The Morgan fingerprint density at radius 1 is 1.16 bits per heavy atom. The van der Waals surface area contributed by atoms with Crippen LogP contribution >= 0.6 is 0 Å². The molecule has 2 aliphatic heterocycles. The molecular weight excluding hydrogens is 495 g/mol. The first kappa shape index (κ1) is 25.7. The van der Waals surface area contributed by atoms with Gasteiger partial charge in [0, 0.05) is 43.3 Å². The van der Waals surface area contributed by atoms with Gasteiger partial charge in [-0.25, -0.2) is 27.1 Å². The van der Waals surface area contributed by atoms with Gasteiger partial charge < -0.3 is 15.3 Å². The van der Waals surface area contributed by atoms with E-state index < -0.39 is 21.8 Å². The lowest BCUT2D eigenvalue weighted by molar-refractivity contribution is -0.00860. The Hall–Kier alpha value is -2.89. The Morgan fingerprint density at radius 3 is 2.59 bits per heavy atom. The van der Waals surface area contributed by atoms with E-state index in [1.54, 1.807) is 17.2 Å². The van der Waals surface area contributed by atoms with Crippen LogP contribution in [-0.2, 0) is 10.0 Å². The van der Waals surface area contributed by atoms with Gasteiger partial charge in [0.25, 0.3) is 0 Å². The number of aliphatic hydroxyl groups excluding tert-OH is 1. The highest BCUT2D eigenvalue weighted by Gasteiger charge is 2.40. The summed E-state index contributed by atoms with van der Waals surface area (Å²) in [5, 5.41) is 15.3. The fourth-order valence-electron chi connectivity index (χ4n) is 5.13. The largest absolute Gasteiger partial charge is 0.390 e. The quantitative estimate of drug-likeness (QED) is 0.500. The lowest BCUT2D eigenvalue weighted by Crippen LogP contribution is -2.52. The maximum atomic E-state index is 14.7. The van der Waals surface area contributed by atoms with Crippen molar-refractivity contribution >= 4 is 38.4 Å². The lowest BCUT2D eigenvalue weighted by Gasteiger charge is -2.38. The molecule has 0 spiro atoms. The van der Waals surface area contributed by atoms with Crippen LogP contribution in [0.1, 0.15) is 50.2 Å². The van der Waals surface area contributed by atoms with Crippen LogP contribution in [0.5, 0.6) is 0 Å². The SMILES string of the molecule is CC(C)c1ccc(C2CN(S(C)(=O)=O)C2)c2cnc(Nc3ccnc(N4CC[C@@H](O)[C@@](C)(F)C4)n3)cc12. The maximum absolute atomic E-state index is 14.7. The van der Waals surface area contributed by atoms with Gasteiger partial charge in [-0.2, -0.15) is 4.98 Å². The summed E-state index contributed by atoms with van der Waals surface area (Å²) in [5.74, 6) is 1.97. The summed E-state index contributed by atoms with van der Waals surface area (Å²) in [6.45, 7) is 7.12. The van der Waals surface area contributed by atoms with Crippen molar-refractivity contribution in [2.75, 3.05) is 42.7 Å². The maximum Gasteiger partial charge on any atom is 0.227 e. The molecule has 0 amide bonds. The molecule has 9 nitrogen and oxygen atoms in total. The van der Waals surface area contributed by atoms with Crippen molar-refractivity contribution in [2.24, 2.45) is 0 Å². The molecule has 2 saturated heterocycles. The van der Waals surface area contributed by atoms with Gasteiger partial charge in [-0.15, -0.1) is 0 Å². The summed E-state index contributed by atoms with van der Waals surface area (Å²) in [4.78, 5) is 15.3. The van der Waals surface area contributed by atoms with Crippen molar-refractivity contribution in [3.8, 4) is 0 Å². The number of piperidine rings is 1. The Labute approximate surface area is 216 Å². The molecule has 2 N–H and O–H groups in total. The van der Waals surface area contributed by atoms with Crippen molar-refractivity contribution in [2.45, 2.75) is 50.8 Å². The zero-order valence-electron chi connectivity index (χ0n) is 21.5. The smallest absolute Gasteiger partial charge is 0.227 e. The predicted octanol–water partition coefficient (Wildman–Crippen LogP) is 3.55. The number of sulfonamides is 1. The van der Waals surface area contributed by atoms with Crippen molar-refractivity contribution in [1.29, 1.82) is 0 Å². The van der Waals surface area contributed by atoms with Gasteiger partial charge in [0.2, 0.25) is 16.0 Å². The molecular formula is C26H33FN6O3S. The van der Waals surface area contributed by atoms with E-state index in [9.17, 15) is 17.9 Å². The molecule has 2 aromatic heterocycles. The van der Waals surface area contributed by atoms with Crippen LogP contribution in [0.2, 0.25) is 0 Å². The summed E-state index contributed by atoms with van der Waals surface area (Å²) >= 11 is 0. The Morgan fingerprint density at radius 2 is 1.92 bits per heavy atom. The summed E-state index contributed by atoms with van der Waals surface area (Å²) in [5.41, 5.74) is 0.555. The van der Waals surface area contributed by atoms with E-state index in [4.69, 9.17) is 0 Å². The third-order valence-electron chi connectivity index (χ3n) is 7.40. The van der Waals surface area contributed by atoms with Crippen LogP contribution in [0, 0.1) is 0 Å². The minimum Gasteiger partial charge on any atom is -0.390 e. The minimum absolute atomic E-state index is 0.0182. The molecule has 0 bridgehead atoms. The van der Waals surface area contributed by atoms with Gasteiger partial charge in [0.05, 0.1) is 18.9 Å². The van der Waals surface area contributed by atoms with Gasteiger partial charge in [-0.05, 0) is 47.9 Å². The number of hydrogen-bond donors (Lipinski definition) is 2. The molecule has 0 radical (unpaired) electrons. The number of pyridine rings is 1. The van der Waals surface area contributed by atoms with Crippen molar-refractivity contribution in [3.63, 3.8) is 0 Å². The number of benzene rings is 1. The van der Waals surface area contributed by atoms with E-state index in [-0.39, 0.29) is 18.4 Å². The Bertz CT molecular complexity index is 1430. The number of hydrogen-bond acceptors (Lipinski definition) is 8. The van der Waals surface area contributed by atoms with Gasteiger partial charge >= 0.3 is 0 Å². The fraction of sp³-hybridized carbons (Fsp3) is 0.500. The second-order valence-corrected chi connectivity index (χ2v) is 12.6. The minimum atomic E-state index is -3.19. The first-order chi connectivity index (χ1) is 17.4. The fourth-order valence-corrected chi connectivity index (χ4v) is 6.03. The molecule has 0 saturated carbocycles. The molecule has 2 aliphatic rings. The topological polar surface area (TPSA) is 112 Å². The van der Waals surface area contributed by atoms with Gasteiger partial charge in [-0.1, -0.05) is 26.0 Å². The molecule has 0 unspecified atom stereocenters. The van der Waals surface area contributed by atoms with E-state index >= 15 is 0 Å². The summed E-state index contributed by atoms with van der Waals surface area (Å²) in [7, 11) is -3.19. The zero-order chi connectivity index (χ0) is 26.5. The van der Waals surface area contributed by atoms with E-state index in [1.165, 1.54) is 23.0 Å². The monoisotopic (exact) mass is 528 g/mol. The number of alkyl halides is 1. The first-order valence-electron chi connectivity index (χ1n) is 12.5. The number of aromatic nitrogens is 3. The number of anilines is 3. The van der Waals surface area contributed by atoms with Crippen molar-refractivity contribution < 1.29 is 17.9 Å². The molecule has 0 aliphatic carbocycles. The average molecular weight is 529 g/mol. The van der Waals surface area contributed by atoms with Gasteiger partial charge in [0.1, 0.15) is 11.6 Å². The Kier molecular flexibility index (Phi) is 6.57. The Balaban J connectivity index is 1.42. The number of nitrogens with one attached hydrogen (secondary N) is 1. The van der Waals surface area contributed by atoms with Crippen LogP contribution in [0.4, 0.5) is 22.0 Å². The third-order valence-corrected chi connectivity index (χ3v) is 8.63. The molecule has 3 aromatic rings. The second-order valence-electron chi connectivity index (χ2n) is 10.7. The molecule has 4 heterocycles. The number of fused-ring (bicyclic) bond motifs is 1. The lowest BCUT2D eigenvalue weighted by atomic mass is 9.86. The molecule has 37 heavy (non-hydrogen) atoms. The van der Waals surface area contributed by atoms with Crippen molar-refractivity contribution in [1.82, 2.24) is 19.3 Å². The molecule has 11 heteroatoms. The van der Waals surface area contributed by atoms with Crippen LogP contribution in [0.3, 0.4) is 0 Å². The highest BCUT2D eigenvalue weighted by atomic mass is 32.2. The zero-order valence-corrected chi connectivity index (χ0v) is 22.3. The van der Waals surface area contributed by atoms with E-state index in [2.05, 4.69) is 46.2 Å².